The van der Waals surface area contributed by atoms with Crippen molar-refractivity contribution in [2.75, 3.05) is 39.3 Å². The van der Waals surface area contributed by atoms with Gasteiger partial charge in [-0.05, 0) is 60.2 Å². The van der Waals surface area contributed by atoms with Crippen molar-refractivity contribution in [1.29, 1.82) is 0 Å². The lowest BCUT2D eigenvalue weighted by Gasteiger charge is -2.38. The number of carbonyl (C=O) groups is 2. The van der Waals surface area contributed by atoms with Gasteiger partial charge in [-0.1, -0.05) is 38.1 Å². The summed E-state index contributed by atoms with van der Waals surface area (Å²) in [6, 6.07) is 11.9. The van der Waals surface area contributed by atoms with Crippen LogP contribution in [0.1, 0.15) is 49.9 Å². The van der Waals surface area contributed by atoms with Gasteiger partial charge in [0.15, 0.2) is 6.10 Å². The van der Waals surface area contributed by atoms with Gasteiger partial charge in [0.2, 0.25) is 5.91 Å². The average molecular weight is 508 g/mol. The monoisotopic (exact) mass is 507 g/mol. The molecular formula is C30H38FN3O3. The van der Waals surface area contributed by atoms with Crippen LogP contribution in [0.15, 0.2) is 55.1 Å². The summed E-state index contributed by atoms with van der Waals surface area (Å²) in [6.07, 6.45) is 2.45. The molecule has 2 aromatic carbocycles. The number of benzene rings is 2. The zero-order valence-electron chi connectivity index (χ0n) is 22.2. The van der Waals surface area contributed by atoms with Crippen molar-refractivity contribution in [3.8, 4) is 5.75 Å². The zero-order valence-corrected chi connectivity index (χ0v) is 22.2. The predicted molar refractivity (Wildman–Crippen MR) is 143 cm³/mol. The third kappa shape index (κ3) is 6.39. The van der Waals surface area contributed by atoms with Crippen LogP contribution >= 0.6 is 0 Å². The summed E-state index contributed by atoms with van der Waals surface area (Å²) in [6.45, 7) is 14.1. The molecule has 0 N–H and O–H groups in total. The Morgan fingerprint density at radius 3 is 2.41 bits per heavy atom. The molecule has 0 unspecified atom stereocenters. The number of halogens is 1. The molecule has 198 valence electrons. The van der Waals surface area contributed by atoms with Gasteiger partial charge in [0.05, 0.1) is 6.04 Å². The molecule has 37 heavy (non-hydrogen) atoms. The minimum absolute atomic E-state index is 0.0280. The molecule has 0 saturated carbocycles. The minimum atomic E-state index is -0.629. The highest BCUT2D eigenvalue weighted by Crippen LogP contribution is 2.38. The van der Waals surface area contributed by atoms with E-state index in [-0.39, 0.29) is 29.6 Å². The van der Waals surface area contributed by atoms with Crippen LogP contribution in [0.5, 0.6) is 5.75 Å². The van der Waals surface area contributed by atoms with Gasteiger partial charge in [0.1, 0.15) is 11.6 Å². The van der Waals surface area contributed by atoms with Gasteiger partial charge in [-0.15, -0.1) is 6.58 Å². The molecule has 1 saturated heterocycles. The SMILES string of the molecule is C=CCN1CCN(C(=O)[C@@H](C)Oc2ccc3c(c2)[C@H](c2ccc(F)cc2)N(C(=O)CC(C)C)CC3)CC1. The summed E-state index contributed by atoms with van der Waals surface area (Å²) in [4.78, 5) is 32.3. The molecule has 2 amide bonds. The number of fused-ring (bicyclic) bond motifs is 1. The summed E-state index contributed by atoms with van der Waals surface area (Å²) < 4.78 is 19.9. The maximum atomic E-state index is 13.7. The van der Waals surface area contributed by atoms with Crippen molar-refractivity contribution >= 4 is 11.8 Å². The Balaban J connectivity index is 1.55. The van der Waals surface area contributed by atoms with Crippen LogP contribution in [0.4, 0.5) is 4.39 Å². The second-order valence-corrected chi connectivity index (χ2v) is 10.4. The van der Waals surface area contributed by atoms with Crippen LogP contribution < -0.4 is 4.74 Å². The van der Waals surface area contributed by atoms with E-state index in [1.54, 1.807) is 19.1 Å². The highest BCUT2D eigenvalue weighted by atomic mass is 19.1. The first-order valence-corrected chi connectivity index (χ1v) is 13.2. The smallest absolute Gasteiger partial charge is 0.263 e. The standard InChI is InChI=1S/C30H38FN3O3/c1-5-13-32-15-17-33(18-16-32)30(36)22(4)37-26-11-8-23-12-14-34(28(35)19-21(2)3)29(27(23)20-26)24-6-9-25(31)10-7-24/h5-11,20-22,29H,1,12-19H2,2-4H3/t22-,29+/m1/s1. The van der Waals surface area contributed by atoms with Gasteiger partial charge >= 0.3 is 0 Å². The summed E-state index contributed by atoms with van der Waals surface area (Å²) >= 11 is 0. The van der Waals surface area contributed by atoms with E-state index in [9.17, 15) is 14.0 Å². The number of nitrogens with zero attached hydrogens (tertiary/aromatic N) is 3. The highest BCUT2D eigenvalue weighted by molar-refractivity contribution is 5.81. The maximum Gasteiger partial charge on any atom is 0.263 e. The van der Waals surface area contributed by atoms with E-state index >= 15 is 0 Å². The highest BCUT2D eigenvalue weighted by Gasteiger charge is 2.33. The molecule has 0 aliphatic carbocycles. The van der Waals surface area contributed by atoms with Gasteiger partial charge < -0.3 is 14.5 Å². The quantitative estimate of drug-likeness (QED) is 0.496. The predicted octanol–water partition coefficient (Wildman–Crippen LogP) is 4.44. The maximum absolute atomic E-state index is 13.7. The molecule has 2 aliphatic rings. The van der Waals surface area contributed by atoms with E-state index in [4.69, 9.17) is 4.74 Å². The molecule has 4 rings (SSSR count). The Kier molecular flexibility index (Phi) is 8.64. The van der Waals surface area contributed by atoms with Gasteiger partial charge in [-0.25, -0.2) is 4.39 Å². The molecule has 2 aromatic rings. The molecule has 2 atom stereocenters. The van der Waals surface area contributed by atoms with Crippen molar-refractivity contribution in [2.45, 2.75) is 45.8 Å². The third-order valence-corrected chi connectivity index (χ3v) is 7.17. The second-order valence-electron chi connectivity index (χ2n) is 10.4. The van der Waals surface area contributed by atoms with Crippen LogP contribution in [-0.2, 0) is 16.0 Å². The Bertz CT molecular complexity index is 1110. The first-order valence-electron chi connectivity index (χ1n) is 13.2. The van der Waals surface area contributed by atoms with E-state index in [1.165, 1.54) is 12.1 Å². The lowest BCUT2D eigenvalue weighted by Crippen LogP contribution is -2.51. The lowest BCUT2D eigenvalue weighted by atomic mass is 9.87. The summed E-state index contributed by atoms with van der Waals surface area (Å²) in [5.41, 5.74) is 2.95. The van der Waals surface area contributed by atoms with Crippen molar-refractivity contribution in [1.82, 2.24) is 14.7 Å². The largest absolute Gasteiger partial charge is 0.481 e. The van der Waals surface area contributed by atoms with E-state index in [1.807, 2.05) is 47.9 Å². The van der Waals surface area contributed by atoms with Gasteiger partial charge in [0.25, 0.3) is 5.91 Å². The Morgan fingerprint density at radius 2 is 1.76 bits per heavy atom. The number of piperazine rings is 1. The molecular weight excluding hydrogens is 469 g/mol. The van der Waals surface area contributed by atoms with Crippen molar-refractivity contribution < 1.29 is 18.7 Å². The number of ether oxygens (including phenoxy) is 1. The first-order chi connectivity index (χ1) is 17.8. The van der Waals surface area contributed by atoms with Gasteiger partial charge in [0, 0.05) is 45.7 Å². The van der Waals surface area contributed by atoms with Crippen LogP contribution in [0.3, 0.4) is 0 Å². The fourth-order valence-electron chi connectivity index (χ4n) is 5.25. The lowest BCUT2D eigenvalue weighted by molar-refractivity contribution is -0.139. The third-order valence-electron chi connectivity index (χ3n) is 7.17. The molecule has 6 nitrogen and oxygen atoms in total. The van der Waals surface area contributed by atoms with Crippen LogP contribution in [0.25, 0.3) is 0 Å². The molecule has 0 bridgehead atoms. The molecule has 0 spiro atoms. The second kappa shape index (κ2) is 11.9. The van der Waals surface area contributed by atoms with Crippen molar-refractivity contribution in [3.63, 3.8) is 0 Å². The van der Waals surface area contributed by atoms with E-state index in [0.717, 1.165) is 42.7 Å². The molecule has 2 aliphatic heterocycles. The Labute approximate surface area is 219 Å². The van der Waals surface area contributed by atoms with Crippen molar-refractivity contribution in [2.24, 2.45) is 5.92 Å². The van der Waals surface area contributed by atoms with Crippen LogP contribution in [0.2, 0.25) is 0 Å². The summed E-state index contributed by atoms with van der Waals surface area (Å²) in [7, 11) is 0. The summed E-state index contributed by atoms with van der Waals surface area (Å²) in [5.74, 6) is 0.577. The molecule has 2 heterocycles. The van der Waals surface area contributed by atoms with Crippen molar-refractivity contribution in [3.05, 3.63) is 77.6 Å². The number of hydrogen-bond donors (Lipinski definition) is 0. The van der Waals surface area contributed by atoms with Crippen LogP contribution in [-0.4, -0.2) is 71.9 Å². The number of hydrogen-bond acceptors (Lipinski definition) is 4. The molecule has 7 heteroatoms. The molecule has 0 radical (unpaired) electrons. The Hall–Kier alpha value is -3.19. The van der Waals surface area contributed by atoms with E-state index in [0.29, 0.717) is 31.8 Å². The van der Waals surface area contributed by atoms with Gasteiger partial charge in [-0.2, -0.15) is 0 Å². The Morgan fingerprint density at radius 1 is 1.05 bits per heavy atom. The average Bonchev–Trinajstić information content (AvgIpc) is 2.88. The summed E-state index contributed by atoms with van der Waals surface area (Å²) in [5, 5.41) is 0. The van der Waals surface area contributed by atoms with E-state index in [2.05, 4.69) is 11.5 Å². The fraction of sp³-hybridized carbons (Fsp3) is 0.467. The zero-order chi connectivity index (χ0) is 26.5. The number of carbonyl (C=O) groups excluding carboxylic acids is 2. The molecule has 1 fully saturated rings. The molecule has 0 aromatic heterocycles. The fourth-order valence-corrected chi connectivity index (χ4v) is 5.25. The normalized spacial score (nSPS) is 18.9. The van der Waals surface area contributed by atoms with Crippen LogP contribution in [0, 0.1) is 11.7 Å². The number of rotatable bonds is 8. The topological polar surface area (TPSA) is 53.1 Å². The number of amides is 2. The van der Waals surface area contributed by atoms with Gasteiger partial charge in [-0.3, -0.25) is 14.5 Å². The first kappa shape index (κ1) is 26.9. The van der Waals surface area contributed by atoms with E-state index < -0.39 is 6.10 Å². The minimum Gasteiger partial charge on any atom is -0.481 e.